The van der Waals surface area contributed by atoms with Gasteiger partial charge < -0.3 is 15.0 Å². The van der Waals surface area contributed by atoms with Crippen molar-refractivity contribution in [1.82, 2.24) is 10.2 Å². The minimum absolute atomic E-state index is 0.146. The first-order chi connectivity index (χ1) is 9.96. The van der Waals surface area contributed by atoms with E-state index in [1.54, 1.807) is 0 Å². The minimum atomic E-state index is -0.406. The molecule has 1 saturated heterocycles. The fourth-order valence-corrected chi connectivity index (χ4v) is 2.96. The molecule has 1 unspecified atom stereocenters. The summed E-state index contributed by atoms with van der Waals surface area (Å²) in [5.41, 5.74) is -0.406. The van der Waals surface area contributed by atoms with E-state index in [1.165, 1.54) is 32.1 Å². The molecule has 1 atom stereocenters. The molecule has 0 spiro atoms. The molecule has 1 aliphatic carbocycles. The number of nitrogens with one attached hydrogen (secondary N) is 1. The van der Waals surface area contributed by atoms with Gasteiger partial charge in [0.05, 0.1) is 0 Å². The number of ether oxygens (including phenoxy) is 1. The average molecular weight is 296 g/mol. The van der Waals surface area contributed by atoms with Gasteiger partial charge in [-0.15, -0.1) is 0 Å². The molecule has 1 amide bonds. The number of piperidine rings is 1. The molecule has 1 heterocycles. The van der Waals surface area contributed by atoms with E-state index in [-0.39, 0.29) is 6.09 Å². The third-order valence-corrected chi connectivity index (χ3v) is 4.30. The van der Waals surface area contributed by atoms with Crippen LogP contribution in [0.2, 0.25) is 0 Å². The highest BCUT2D eigenvalue weighted by Gasteiger charge is 2.30. The third-order valence-electron chi connectivity index (χ3n) is 4.30. The molecule has 2 rings (SSSR count). The fourth-order valence-electron chi connectivity index (χ4n) is 2.96. The number of hydrogen-bond donors (Lipinski definition) is 1. The van der Waals surface area contributed by atoms with Crippen molar-refractivity contribution in [3.63, 3.8) is 0 Å². The molecule has 2 fully saturated rings. The standard InChI is InChI=1S/C17H32N2O2/c1-17(2,3)21-16(20)19-12-5-4-8-15(19)13-18-11-6-7-14-9-10-14/h14-15,18H,4-13H2,1-3H3. The molecule has 122 valence electrons. The Balaban J connectivity index is 1.70. The van der Waals surface area contributed by atoms with Crippen LogP contribution in [0, 0.1) is 5.92 Å². The van der Waals surface area contributed by atoms with Gasteiger partial charge in [0, 0.05) is 19.1 Å². The molecule has 2 aliphatic rings. The summed E-state index contributed by atoms with van der Waals surface area (Å²) in [6, 6.07) is 0.300. The Morgan fingerprint density at radius 2 is 2.00 bits per heavy atom. The van der Waals surface area contributed by atoms with Crippen molar-refractivity contribution < 1.29 is 9.53 Å². The molecular weight excluding hydrogens is 264 g/mol. The molecular formula is C17H32N2O2. The first kappa shape index (κ1) is 16.6. The molecule has 1 saturated carbocycles. The quantitative estimate of drug-likeness (QED) is 0.762. The SMILES string of the molecule is CC(C)(C)OC(=O)N1CCCCC1CNCCCC1CC1. The molecule has 0 radical (unpaired) electrons. The largest absolute Gasteiger partial charge is 0.444 e. The van der Waals surface area contributed by atoms with E-state index in [9.17, 15) is 4.79 Å². The van der Waals surface area contributed by atoms with Gasteiger partial charge in [-0.2, -0.15) is 0 Å². The Labute approximate surface area is 129 Å². The van der Waals surface area contributed by atoms with Gasteiger partial charge in [-0.1, -0.05) is 12.8 Å². The zero-order chi connectivity index (χ0) is 15.3. The number of hydrogen-bond acceptors (Lipinski definition) is 3. The van der Waals surface area contributed by atoms with Crippen LogP contribution in [0.5, 0.6) is 0 Å². The van der Waals surface area contributed by atoms with Gasteiger partial charge in [-0.05, 0) is 65.3 Å². The van der Waals surface area contributed by atoms with Gasteiger partial charge in [0.25, 0.3) is 0 Å². The maximum Gasteiger partial charge on any atom is 0.410 e. The predicted molar refractivity (Wildman–Crippen MR) is 85.4 cm³/mol. The second-order valence-corrected chi connectivity index (χ2v) is 7.61. The van der Waals surface area contributed by atoms with Crippen molar-refractivity contribution >= 4 is 6.09 Å². The maximum atomic E-state index is 12.3. The lowest BCUT2D eigenvalue weighted by Gasteiger charge is -2.37. The zero-order valence-corrected chi connectivity index (χ0v) is 14.0. The fraction of sp³-hybridized carbons (Fsp3) is 0.941. The zero-order valence-electron chi connectivity index (χ0n) is 14.0. The van der Waals surface area contributed by atoms with Crippen LogP contribution in [0.4, 0.5) is 4.79 Å². The van der Waals surface area contributed by atoms with Crippen LogP contribution in [0.15, 0.2) is 0 Å². The Bertz CT molecular complexity index is 334. The van der Waals surface area contributed by atoms with E-state index < -0.39 is 5.60 Å². The van der Waals surface area contributed by atoms with Crippen LogP contribution < -0.4 is 5.32 Å². The van der Waals surface area contributed by atoms with E-state index in [2.05, 4.69) is 5.32 Å². The van der Waals surface area contributed by atoms with Crippen molar-refractivity contribution in [2.75, 3.05) is 19.6 Å². The molecule has 0 aromatic rings. The van der Waals surface area contributed by atoms with Crippen molar-refractivity contribution in [3.05, 3.63) is 0 Å². The van der Waals surface area contributed by atoms with Crippen LogP contribution in [0.25, 0.3) is 0 Å². The highest BCUT2D eigenvalue weighted by molar-refractivity contribution is 5.68. The summed E-state index contributed by atoms with van der Waals surface area (Å²) in [7, 11) is 0. The number of carbonyl (C=O) groups is 1. The van der Waals surface area contributed by atoms with E-state index in [0.717, 1.165) is 38.4 Å². The van der Waals surface area contributed by atoms with Crippen LogP contribution in [0.3, 0.4) is 0 Å². The van der Waals surface area contributed by atoms with E-state index in [1.807, 2.05) is 25.7 Å². The van der Waals surface area contributed by atoms with E-state index >= 15 is 0 Å². The number of likely N-dealkylation sites (tertiary alicyclic amines) is 1. The van der Waals surface area contributed by atoms with Crippen molar-refractivity contribution in [2.24, 2.45) is 5.92 Å². The lowest BCUT2D eigenvalue weighted by Crippen LogP contribution is -2.50. The number of nitrogens with zero attached hydrogens (tertiary/aromatic N) is 1. The van der Waals surface area contributed by atoms with E-state index in [0.29, 0.717) is 6.04 Å². The predicted octanol–water partition coefficient (Wildman–Crippen LogP) is 3.56. The molecule has 0 aromatic carbocycles. The molecule has 1 aliphatic heterocycles. The summed E-state index contributed by atoms with van der Waals surface area (Å²) in [6.45, 7) is 8.61. The minimum Gasteiger partial charge on any atom is -0.444 e. The molecule has 4 heteroatoms. The summed E-state index contributed by atoms with van der Waals surface area (Å²) in [6.07, 6.45) is 8.77. The second kappa shape index (κ2) is 7.48. The Kier molecular flexibility index (Phi) is 5.91. The first-order valence-corrected chi connectivity index (χ1v) is 8.66. The number of rotatable bonds is 6. The third kappa shape index (κ3) is 6.25. The van der Waals surface area contributed by atoms with Crippen LogP contribution in [0.1, 0.15) is 65.7 Å². The second-order valence-electron chi connectivity index (χ2n) is 7.61. The van der Waals surface area contributed by atoms with Crippen molar-refractivity contribution in [1.29, 1.82) is 0 Å². The topological polar surface area (TPSA) is 41.6 Å². The monoisotopic (exact) mass is 296 g/mol. The van der Waals surface area contributed by atoms with Crippen LogP contribution in [-0.4, -0.2) is 42.3 Å². The van der Waals surface area contributed by atoms with Gasteiger partial charge >= 0.3 is 6.09 Å². The van der Waals surface area contributed by atoms with Gasteiger partial charge in [0.2, 0.25) is 0 Å². The summed E-state index contributed by atoms with van der Waals surface area (Å²) in [5, 5.41) is 3.54. The van der Waals surface area contributed by atoms with Gasteiger partial charge in [-0.3, -0.25) is 0 Å². The average Bonchev–Trinajstić information content (AvgIpc) is 3.21. The summed E-state index contributed by atoms with van der Waals surface area (Å²) in [5.74, 6) is 1.01. The normalized spacial score (nSPS) is 23.2. The lowest BCUT2D eigenvalue weighted by molar-refractivity contribution is 0.00997. The van der Waals surface area contributed by atoms with E-state index in [4.69, 9.17) is 4.74 Å². The van der Waals surface area contributed by atoms with Gasteiger partial charge in [0.1, 0.15) is 5.60 Å². The molecule has 21 heavy (non-hydrogen) atoms. The molecule has 4 nitrogen and oxygen atoms in total. The number of carbonyl (C=O) groups excluding carboxylic acids is 1. The smallest absolute Gasteiger partial charge is 0.410 e. The van der Waals surface area contributed by atoms with Gasteiger partial charge in [0.15, 0.2) is 0 Å². The maximum absolute atomic E-state index is 12.3. The molecule has 0 aromatic heterocycles. The highest BCUT2D eigenvalue weighted by atomic mass is 16.6. The molecule has 1 N–H and O–H groups in total. The Morgan fingerprint density at radius 3 is 2.67 bits per heavy atom. The van der Waals surface area contributed by atoms with Gasteiger partial charge in [-0.25, -0.2) is 4.79 Å². The lowest BCUT2D eigenvalue weighted by atomic mass is 10.0. The highest BCUT2D eigenvalue weighted by Crippen LogP contribution is 2.33. The number of amides is 1. The molecule has 0 bridgehead atoms. The summed E-state index contributed by atoms with van der Waals surface area (Å²) < 4.78 is 5.53. The Hall–Kier alpha value is -0.770. The Morgan fingerprint density at radius 1 is 1.24 bits per heavy atom. The summed E-state index contributed by atoms with van der Waals surface area (Å²) >= 11 is 0. The van der Waals surface area contributed by atoms with Crippen molar-refractivity contribution in [3.8, 4) is 0 Å². The van der Waals surface area contributed by atoms with Crippen molar-refractivity contribution in [2.45, 2.75) is 77.4 Å². The van der Waals surface area contributed by atoms with Crippen LogP contribution in [-0.2, 0) is 4.74 Å². The van der Waals surface area contributed by atoms with Crippen LogP contribution >= 0.6 is 0 Å². The summed E-state index contributed by atoms with van der Waals surface area (Å²) in [4.78, 5) is 14.2. The first-order valence-electron chi connectivity index (χ1n) is 8.66.